The fraction of sp³-hybridized carbons (Fsp3) is 0.872. The van der Waals surface area contributed by atoms with Gasteiger partial charge in [0.05, 0.1) is 19.8 Å². The highest BCUT2D eigenvalue weighted by molar-refractivity contribution is 5.70. The Hall–Kier alpha value is -2.02. The Kier molecular flexibility index (Phi) is 31.9. The van der Waals surface area contributed by atoms with Crippen LogP contribution in [-0.4, -0.2) is 142 Å². The Bertz CT molecular complexity index is 1180. The number of aliphatic hydroxyl groups excluding tert-OH is 7. The number of hydrogen-bond donors (Lipinski definition) is 7. The highest BCUT2D eigenvalue weighted by Crippen LogP contribution is 2.26. The normalized spacial score (nSPS) is 27.2. The van der Waals surface area contributed by atoms with Crippen molar-refractivity contribution in [3.63, 3.8) is 0 Å². The summed E-state index contributed by atoms with van der Waals surface area (Å²) in [5.41, 5.74) is 0. The molecule has 0 saturated carbocycles. The lowest BCUT2D eigenvalue weighted by Crippen LogP contribution is -2.61. The van der Waals surface area contributed by atoms with Gasteiger partial charge in [-0.15, -0.1) is 0 Å². The van der Waals surface area contributed by atoms with Crippen LogP contribution in [-0.2, 0) is 38.0 Å². The van der Waals surface area contributed by atoms with Crippen molar-refractivity contribution >= 4 is 11.9 Å². The summed E-state index contributed by atoms with van der Waals surface area (Å²) in [6, 6.07) is 0. The molecule has 0 bridgehead atoms. The van der Waals surface area contributed by atoms with Crippen LogP contribution in [0.2, 0.25) is 0 Å². The van der Waals surface area contributed by atoms with E-state index in [1.165, 1.54) is 83.5 Å². The summed E-state index contributed by atoms with van der Waals surface area (Å²) in [6.45, 7) is 2.53. The summed E-state index contributed by atoms with van der Waals surface area (Å²) < 4.78 is 33.4. The van der Waals surface area contributed by atoms with Gasteiger partial charge in [-0.1, -0.05) is 134 Å². The first-order chi connectivity index (χ1) is 30.0. The third kappa shape index (κ3) is 23.8. The molecule has 11 atom stereocenters. The summed E-state index contributed by atoms with van der Waals surface area (Å²) in [6.07, 6.45) is 16.5. The Morgan fingerprint density at radius 3 is 1.53 bits per heavy atom. The van der Waals surface area contributed by atoms with Gasteiger partial charge < -0.3 is 64.2 Å². The summed E-state index contributed by atoms with van der Waals surface area (Å²) in [7, 11) is 0. The number of allylic oxidation sites excluding steroid dienone is 4. The summed E-state index contributed by atoms with van der Waals surface area (Å²) in [5.74, 6) is -0.961. The van der Waals surface area contributed by atoms with Crippen LogP contribution >= 0.6 is 0 Å². The van der Waals surface area contributed by atoms with Gasteiger partial charge in [0.25, 0.3) is 0 Å². The molecule has 0 aromatic carbocycles. The molecule has 2 aliphatic heterocycles. The van der Waals surface area contributed by atoms with Crippen LogP contribution in [0.3, 0.4) is 0 Å². The van der Waals surface area contributed by atoms with E-state index in [4.69, 9.17) is 28.4 Å². The highest BCUT2D eigenvalue weighted by Gasteiger charge is 2.47. The molecule has 0 aliphatic carbocycles. The largest absolute Gasteiger partial charge is 0.462 e. The van der Waals surface area contributed by atoms with Crippen molar-refractivity contribution in [3.8, 4) is 0 Å². The van der Waals surface area contributed by atoms with E-state index in [2.05, 4.69) is 38.2 Å². The molecule has 0 spiro atoms. The molecule has 0 aromatic rings. The molecule has 0 aromatic heterocycles. The standard InChI is InChI=1S/C47H84O15/c1-3-5-7-9-11-13-15-16-17-18-20-21-23-25-27-29-38(49)57-32-35(60-39(50)30-28-26-24-22-19-14-12-10-8-6-4-2)33-58-46-45(56)43(54)41(52)37(62-46)34-59-47-44(55)42(53)40(51)36(31-48)61-47/h16-17,20-21,35-37,40-48,51-56H,3-15,18-19,22-34H2,1-2H3/b17-16+,21-20+/t35-,36-,37-,40+,41+,42?,43?,44?,45?,46-,47-/m1/s1. The zero-order valence-electron chi connectivity index (χ0n) is 37.9. The van der Waals surface area contributed by atoms with Gasteiger partial charge in [0.2, 0.25) is 0 Å². The van der Waals surface area contributed by atoms with E-state index in [9.17, 15) is 45.3 Å². The molecular formula is C47H84O15. The Morgan fingerprint density at radius 1 is 0.516 bits per heavy atom. The first kappa shape index (κ1) is 56.1. The second-order valence-electron chi connectivity index (χ2n) is 16.9. The maximum absolute atomic E-state index is 12.9. The van der Waals surface area contributed by atoms with Crippen LogP contribution in [0.25, 0.3) is 0 Å². The molecule has 2 rings (SSSR count). The Balaban J connectivity index is 1.85. The van der Waals surface area contributed by atoms with E-state index in [1.54, 1.807) is 0 Å². The first-order valence-electron chi connectivity index (χ1n) is 23.9. The molecule has 15 heteroatoms. The maximum Gasteiger partial charge on any atom is 0.306 e. The molecule has 2 heterocycles. The average molecular weight is 889 g/mol. The Morgan fingerprint density at radius 2 is 0.968 bits per heavy atom. The van der Waals surface area contributed by atoms with Gasteiger partial charge in [0, 0.05) is 12.8 Å². The van der Waals surface area contributed by atoms with Crippen LogP contribution < -0.4 is 0 Å². The van der Waals surface area contributed by atoms with Gasteiger partial charge in [0.15, 0.2) is 18.7 Å². The van der Waals surface area contributed by atoms with Crippen molar-refractivity contribution in [2.75, 3.05) is 26.4 Å². The molecule has 15 nitrogen and oxygen atoms in total. The number of esters is 2. The van der Waals surface area contributed by atoms with Crippen molar-refractivity contribution in [1.29, 1.82) is 0 Å². The lowest BCUT2D eigenvalue weighted by atomic mass is 9.98. The molecular weight excluding hydrogens is 805 g/mol. The SMILES string of the molecule is CCCCCCCC/C=C/C/C=C/CCCCC(=O)OC[C@H](CO[C@@H]1O[C@H](CO[C@@H]2O[C@H](CO)[C@H](O)C(O)C2O)[C@H](O)C(O)C1O)OC(=O)CCCCCCCCCCCCC. The van der Waals surface area contributed by atoms with E-state index < -0.39 is 92.7 Å². The zero-order valence-corrected chi connectivity index (χ0v) is 37.9. The molecule has 7 N–H and O–H groups in total. The van der Waals surface area contributed by atoms with E-state index in [1.807, 2.05) is 0 Å². The number of unbranched alkanes of at least 4 members (excludes halogenated alkanes) is 18. The fourth-order valence-corrected chi connectivity index (χ4v) is 7.42. The molecule has 62 heavy (non-hydrogen) atoms. The minimum atomic E-state index is -1.77. The number of aliphatic hydroxyl groups is 7. The minimum Gasteiger partial charge on any atom is -0.462 e. The second kappa shape index (κ2) is 35.3. The van der Waals surface area contributed by atoms with Crippen molar-refractivity contribution < 1.29 is 73.8 Å². The fourth-order valence-electron chi connectivity index (χ4n) is 7.42. The molecule has 2 fully saturated rings. The van der Waals surface area contributed by atoms with Crippen LogP contribution in [0, 0.1) is 0 Å². The van der Waals surface area contributed by atoms with Gasteiger partial charge in [-0.2, -0.15) is 0 Å². The predicted molar refractivity (Wildman–Crippen MR) is 234 cm³/mol. The van der Waals surface area contributed by atoms with E-state index in [0.29, 0.717) is 12.8 Å². The van der Waals surface area contributed by atoms with Gasteiger partial charge in [-0.05, 0) is 44.9 Å². The third-order valence-corrected chi connectivity index (χ3v) is 11.4. The molecule has 4 unspecified atom stereocenters. The molecule has 362 valence electrons. The molecule has 0 radical (unpaired) electrons. The molecule has 0 amide bonds. The lowest BCUT2D eigenvalue weighted by Gasteiger charge is -2.42. The second-order valence-corrected chi connectivity index (χ2v) is 16.9. The summed E-state index contributed by atoms with van der Waals surface area (Å²) in [5, 5.41) is 71.9. The number of hydrogen-bond acceptors (Lipinski definition) is 15. The van der Waals surface area contributed by atoms with Gasteiger partial charge in [-0.25, -0.2) is 0 Å². The summed E-state index contributed by atoms with van der Waals surface area (Å²) in [4.78, 5) is 25.6. The van der Waals surface area contributed by atoms with Gasteiger partial charge in [0.1, 0.15) is 55.4 Å². The van der Waals surface area contributed by atoms with Crippen molar-refractivity contribution in [1.82, 2.24) is 0 Å². The van der Waals surface area contributed by atoms with Crippen LogP contribution in [0.4, 0.5) is 0 Å². The van der Waals surface area contributed by atoms with Crippen molar-refractivity contribution in [2.24, 2.45) is 0 Å². The molecule has 2 aliphatic rings. The van der Waals surface area contributed by atoms with E-state index in [0.717, 1.165) is 44.9 Å². The van der Waals surface area contributed by atoms with Crippen LogP contribution in [0.15, 0.2) is 24.3 Å². The quantitative estimate of drug-likeness (QED) is 0.0231. The summed E-state index contributed by atoms with van der Waals surface area (Å²) >= 11 is 0. The maximum atomic E-state index is 12.9. The van der Waals surface area contributed by atoms with Crippen LogP contribution in [0.5, 0.6) is 0 Å². The number of ether oxygens (including phenoxy) is 6. The van der Waals surface area contributed by atoms with Crippen molar-refractivity contribution in [3.05, 3.63) is 24.3 Å². The van der Waals surface area contributed by atoms with Gasteiger partial charge >= 0.3 is 11.9 Å². The first-order valence-corrected chi connectivity index (χ1v) is 23.9. The predicted octanol–water partition coefficient (Wildman–Crippen LogP) is 5.60. The highest BCUT2D eigenvalue weighted by atomic mass is 16.7. The smallest absolute Gasteiger partial charge is 0.306 e. The third-order valence-electron chi connectivity index (χ3n) is 11.4. The number of carbonyl (C=O) groups excluding carboxylic acids is 2. The number of carbonyl (C=O) groups is 2. The van der Waals surface area contributed by atoms with Crippen molar-refractivity contribution in [2.45, 2.75) is 235 Å². The topological polar surface area (TPSA) is 231 Å². The minimum absolute atomic E-state index is 0.161. The Labute approximate surface area is 371 Å². The van der Waals surface area contributed by atoms with E-state index in [-0.39, 0.29) is 26.1 Å². The molecule has 2 saturated heterocycles. The zero-order chi connectivity index (χ0) is 45.4. The number of rotatable bonds is 36. The van der Waals surface area contributed by atoms with Crippen LogP contribution in [0.1, 0.15) is 168 Å². The lowest BCUT2D eigenvalue weighted by molar-refractivity contribution is -0.332. The monoisotopic (exact) mass is 889 g/mol. The average Bonchev–Trinajstić information content (AvgIpc) is 3.26. The van der Waals surface area contributed by atoms with Gasteiger partial charge in [-0.3, -0.25) is 9.59 Å². The van der Waals surface area contributed by atoms with E-state index >= 15 is 0 Å².